The SMILES string of the molecule is Cc1c(C#N)cccc1[C@@H](C)Nc1nnc(C)c2cnc(-c3cccc(CN4CCC(c5ccc6c(C7CCC(=O)NC7=O)nn(C)c6c5)CC4)c3)cc12. The molecular weight excluding hydrogens is 675 g/mol. The van der Waals surface area contributed by atoms with E-state index < -0.39 is 5.92 Å². The maximum Gasteiger partial charge on any atom is 0.235 e. The summed E-state index contributed by atoms with van der Waals surface area (Å²) in [5.74, 6) is 0.265. The van der Waals surface area contributed by atoms with E-state index in [9.17, 15) is 14.9 Å². The van der Waals surface area contributed by atoms with Gasteiger partial charge in [-0.25, -0.2) is 0 Å². The van der Waals surface area contributed by atoms with Gasteiger partial charge in [0.25, 0.3) is 0 Å². The van der Waals surface area contributed by atoms with E-state index in [2.05, 4.69) is 87.3 Å². The molecule has 2 aliphatic rings. The van der Waals surface area contributed by atoms with Gasteiger partial charge in [-0.2, -0.15) is 15.5 Å². The number of carbonyl (C=O) groups is 2. The van der Waals surface area contributed by atoms with Crippen LogP contribution in [0.5, 0.6) is 0 Å². The molecular formula is C43H43N9O2. The normalized spacial score (nSPS) is 17.4. The zero-order valence-corrected chi connectivity index (χ0v) is 31.1. The summed E-state index contributed by atoms with van der Waals surface area (Å²) in [7, 11) is 1.93. The molecule has 272 valence electrons. The number of hydrogen-bond donors (Lipinski definition) is 2. The van der Waals surface area contributed by atoms with Crippen LogP contribution in [0.3, 0.4) is 0 Å². The molecule has 11 nitrogen and oxygen atoms in total. The number of rotatable bonds is 8. The third-order valence-electron chi connectivity index (χ3n) is 11.3. The van der Waals surface area contributed by atoms with E-state index in [4.69, 9.17) is 10.1 Å². The fraction of sp³-hybridized carbons (Fsp3) is 0.326. The maximum atomic E-state index is 12.6. The number of hydrogen-bond acceptors (Lipinski definition) is 9. The number of pyridine rings is 1. The Kier molecular flexibility index (Phi) is 9.38. The van der Waals surface area contributed by atoms with Crippen LogP contribution in [0, 0.1) is 25.2 Å². The summed E-state index contributed by atoms with van der Waals surface area (Å²) in [6.45, 7) is 8.86. The van der Waals surface area contributed by atoms with Crippen molar-refractivity contribution in [3.63, 3.8) is 0 Å². The Hall–Kier alpha value is -5.99. The Morgan fingerprint density at radius 1 is 0.963 bits per heavy atom. The Labute approximate surface area is 314 Å². The molecule has 11 heteroatoms. The number of nitrogens with zero attached hydrogens (tertiary/aromatic N) is 7. The van der Waals surface area contributed by atoms with E-state index in [1.165, 1.54) is 11.1 Å². The lowest BCUT2D eigenvalue weighted by Gasteiger charge is -2.32. The molecule has 8 rings (SSSR count). The summed E-state index contributed by atoms with van der Waals surface area (Å²) < 4.78 is 1.87. The zero-order chi connectivity index (χ0) is 37.5. The van der Waals surface area contributed by atoms with Gasteiger partial charge in [0.15, 0.2) is 5.82 Å². The molecule has 2 amide bonds. The summed E-state index contributed by atoms with van der Waals surface area (Å²) in [6, 6.07) is 25.3. The van der Waals surface area contributed by atoms with Crippen LogP contribution in [0.2, 0.25) is 0 Å². The average molecular weight is 718 g/mol. The Morgan fingerprint density at radius 3 is 2.57 bits per heavy atom. The van der Waals surface area contributed by atoms with Crippen LogP contribution in [-0.4, -0.2) is 54.8 Å². The van der Waals surface area contributed by atoms with Crippen molar-refractivity contribution in [1.82, 2.24) is 35.2 Å². The standard InChI is InChI=1S/C43H43N9O2/c1-25-32(22-44)9-6-10-33(25)26(2)46-42-36-21-38(45-23-37(36)27(3)48-49-42)31-8-5-7-28(19-31)24-52-17-15-29(16-18-52)30-11-12-34-39(20-30)51(4)50-41(34)35-13-14-40(53)47-43(35)54/h5-12,19-21,23,26,29,35H,13-18,24H2,1-4H3,(H,46,49)(H,47,53,54)/t26-,35?/m1/s1. The van der Waals surface area contributed by atoms with Crippen molar-refractivity contribution in [2.24, 2.45) is 7.05 Å². The second-order valence-corrected chi connectivity index (χ2v) is 14.8. The number of aromatic nitrogens is 5. The number of amides is 2. The molecule has 2 saturated heterocycles. The molecule has 0 spiro atoms. The first-order chi connectivity index (χ1) is 26.2. The highest BCUT2D eigenvalue weighted by Crippen LogP contribution is 2.35. The summed E-state index contributed by atoms with van der Waals surface area (Å²) in [5.41, 5.74) is 9.75. The van der Waals surface area contributed by atoms with Gasteiger partial charge < -0.3 is 5.32 Å². The number of nitriles is 1. The predicted octanol–water partition coefficient (Wildman–Crippen LogP) is 7.14. The molecule has 0 aliphatic carbocycles. The van der Waals surface area contributed by atoms with Gasteiger partial charge in [0.05, 0.1) is 46.2 Å². The van der Waals surface area contributed by atoms with Crippen molar-refractivity contribution in [3.05, 3.63) is 112 Å². The van der Waals surface area contributed by atoms with Crippen molar-refractivity contribution >= 4 is 39.3 Å². The number of carbonyl (C=O) groups excluding carboxylic acids is 2. The van der Waals surface area contributed by atoms with Crippen molar-refractivity contribution < 1.29 is 9.59 Å². The zero-order valence-electron chi connectivity index (χ0n) is 31.1. The number of anilines is 1. The van der Waals surface area contributed by atoms with Gasteiger partial charge in [-0.05, 0) is 106 Å². The first-order valence-electron chi connectivity index (χ1n) is 18.7. The molecule has 3 aromatic carbocycles. The van der Waals surface area contributed by atoms with Crippen molar-refractivity contribution in [3.8, 4) is 17.3 Å². The quantitative estimate of drug-likeness (QED) is 0.157. The Morgan fingerprint density at radius 2 is 1.78 bits per heavy atom. The number of piperidine rings is 2. The Balaban J connectivity index is 0.956. The summed E-state index contributed by atoms with van der Waals surface area (Å²) >= 11 is 0. The van der Waals surface area contributed by atoms with Gasteiger partial charge in [0, 0.05) is 47.9 Å². The van der Waals surface area contributed by atoms with Crippen molar-refractivity contribution in [1.29, 1.82) is 5.26 Å². The second-order valence-electron chi connectivity index (χ2n) is 14.8. The lowest BCUT2D eigenvalue weighted by atomic mass is 9.87. The minimum absolute atomic E-state index is 0.0847. The van der Waals surface area contributed by atoms with Gasteiger partial charge in [0.2, 0.25) is 11.8 Å². The van der Waals surface area contributed by atoms with Crippen LogP contribution in [0.1, 0.15) is 89.7 Å². The van der Waals surface area contributed by atoms with Gasteiger partial charge in [-0.1, -0.05) is 42.5 Å². The highest BCUT2D eigenvalue weighted by molar-refractivity contribution is 6.02. The molecule has 54 heavy (non-hydrogen) atoms. The Bertz CT molecular complexity index is 2470. The van der Waals surface area contributed by atoms with E-state index in [0.29, 0.717) is 30.1 Å². The van der Waals surface area contributed by atoms with Gasteiger partial charge >= 0.3 is 0 Å². The maximum absolute atomic E-state index is 12.6. The average Bonchev–Trinajstić information content (AvgIpc) is 3.51. The molecule has 0 radical (unpaired) electrons. The fourth-order valence-electron chi connectivity index (χ4n) is 8.24. The fourth-order valence-corrected chi connectivity index (χ4v) is 8.24. The van der Waals surface area contributed by atoms with Crippen LogP contribution in [0.4, 0.5) is 5.82 Å². The molecule has 5 heterocycles. The minimum Gasteiger partial charge on any atom is -0.362 e. The van der Waals surface area contributed by atoms with Crippen LogP contribution in [0.15, 0.2) is 72.9 Å². The van der Waals surface area contributed by atoms with Crippen LogP contribution in [0.25, 0.3) is 32.9 Å². The number of fused-ring (bicyclic) bond motifs is 2. The van der Waals surface area contributed by atoms with E-state index >= 15 is 0 Å². The molecule has 2 atom stereocenters. The number of benzene rings is 3. The first-order valence-corrected chi connectivity index (χ1v) is 18.7. The highest BCUT2D eigenvalue weighted by Gasteiger charge is 2.32. The minimum atomic E-state index is -0.400. The molecule has 0 bridgehead atoms. The lowest BCUT2D eigenvalue weighted by Crippen LogP contribution is -2.39. The third-order valence-corrected chi connectivity index (χ3v) is 11.3. The van der Waals surface area contributed by atoms with Crippen LogP contribution in [-0.2, 0) is 23.2 Å². The summed E-state index contributed by atoms with van der Waals surface area (Å²) in [5, 5.41) is 32.2. The first kappa shape index (κ1) is 35.1. The molecule has 2 fully saturated rings. The van der Waals surface area contributed by atoms with Crippen molar-refractivity contribution in [2.45, 2.75) is 70.9 Å². The van der Waals surface area contributed by atoms with E-state index in [-0.39, 0.29) is 17.9 Å². The highest BCUT2D eigenvalue weighted by atomic mass is 16.2. The second kappa shape index (κ2) is 14.4. The predicted molar refractivity (Wildman–Crippen MR) is 209 cm³/mol. The lowest BCUT2D eigenvalue weighted by molar-refractivity contribution is -0.134. The summed E-state index contributed by atoms with van der Waals surface area (Å²) in [6.07, 6.45) is 4.84. The number of likely N-dealkylation sites (tertiary alicyclic amines) is 1. The topological polar surface area (TPSA) is 142 Å². The molecule has 3 aromatic heterocycles. The summed E-state index contributed by atoms with van der Waals surface area (Å²) in [4.78, 5) is 31.7. The molecule has 0 saturated carbocycles. The molecule has 2 aliphatic heterocycles. The van der Waals surface area contributed by atoms with Crippen LogP contribution >= 0.6 is 0 Å². The van der Waals surface area contributed by atoms with E-state index in [0.717, 1.165) is 87.9 Å². The van der Waals surface area contributed by atoms with Gasteiger partial charge in [-0.3, -0.25) is 29.5 Å². The number of nitrogens with one attached hydrogen (secondary N) is 2. The smallest absolute Gasteiger partial charge is 0.235 e. The largest absolute Gasteiger partial charge is 0.362 e. The van der Waals surface area contributed by atoms with E-state index in [1.807, 2.05) is 50.0 Å². The van der Waals surface area contributed by atoms with Gasteiger partial charge in [0.1, 0.15) is 0 Å². The van der Waals surface area contributed by atoms with Gasteiger partial charge in [-0.15, -0.1) is 5.10 Å². The number of aryl methyl sites for hydroxylation is 2. The van der Waals surface area contributed by atoms with Crippen molar-refractivity contribution in [2.75, 3.05) is 18.4 Å². The third kappa shape index (κ3) is 6.69. The monoisotopic (exact) mass is 717 g/mol. The van der Waals surface area contributed by atoms with Crippen LogP contribution < -0.4 is 10.6 Å². The van der Waals surface area contributed by atoms with E-state index in [1.54, 1.807) is 0 Å². The molecule has 6 aromatic rings. The molecule has 1 unspecified atom stereocenters. The molecule has 2 N–H and O–H groups in total. The number of imide groups is 1.